The number of nitrogens with one attached hydrogen (secondary N) is 2. The molecule has 4 heteroatoms. The number of aromatic nitrogens is 1. The van der Waals surface area contributed by atoms with Crippen LogP contribution >= 0.6 is 0 Å². The maximum atomic E-state index is 12.2. The normalized spacial score (nSPS) is 12.3. The van der Waals surface area contributed by atoms with E-state index >= 15 is 0 Å². The van der Waals surface area contributed by atoms with Crippen molar-refractivity contribution in [1.82, 2.24) is 10.3 Å². The highest BCUT2D eigenvalue weighted by molar-refractivity contribution is 5.99. The summed E-state index contributed by atoms with van der Waals surface area (Å²) in [5, 5.41) is 6.06. The van der Waals surface area contributed by atoms with Crippen LogP contribution < -0.4 is 10.6 Å². The number of pyridine rings is 1. The first-order chi connectivity index (χ1) is 8.63. The lowest BCUT2D eigenvalue weighted by Gasteiger charge is -2.22. The molecular formula is C14H23N3O. The number of amides is 1. The van der Waals surface area contributed by atoms with Gasteiger partial charge in [-0.3, -0.25) is 9.78 Å². The molecule has 0 bridgehead atoms. The van der Waals surface area contributed by atoms with Gasteiger partial charge in [-0.15, -0.1) is 0 Å². The third-order valence-electron chi connectivity index (χ3n) is 3.45. The van der Waals surface area contributed by atoms with E-state index in [1.165, 1.54) is 0 Å². The molecule has 0 saturated carbocycles. The standard InChI is InChI=1S/C14H23N3O/c1-5-11(6-2)10(3)17-14(18)12-9-16-8-7-13(12)15-4/h7-11H,5-6H2,1-4H3,(H,15,16)(H,17,18). The lowest BCUT2D eigenvalue weighted by Crippen LogP contribution is -2.38. The molecule has 0 aliphatic rings. The number of nitrogens with zero attached hydrogens (tertiary/aromatic N) is 1. The fraction of sp³-hybridized carbons (Fsp3) is 0.571. The first-order valence-corrected chi connectivity index (χ1v) is 6.56. The van der Waals surface area contributed by atoms with E-state index in [0.717, 1.165) is 18.5 Å². The van der Waals surface area contributed by atoms with Crippen molar-refractivity contribution in [3.05, 3.63) is 24.0 Å². The van der Waals surface area contributed by atoms with Crippen LogP contribution in [-0.4, -0.2) is 24.0 Å². The molecule has 2 N–H and O–H groups in total. The van der Waals surface area contributed by atoms with Crippen LogP contribution in [0.4, 0.5) is 5.69 Å². The van der Waals surface area contributed by atoms with Crippen LogP contribution in [0, 0.1) is 5.92 Å². The monoisotopic (exact) mass is 249 g/mol. The van der Waals surface area contributed by atoms with E-state index in [9.17, 15) is 4.79 Å². The van der Waals surface area contributed by atoms with Gasteiger partial charge in [-0.25, -0.2) is 0 Å². The molecule has 1 heterocycles. The van der Waals surface area contributed by atoms with Gasteiger partial charge in [-0.1, -0.05) is 26.7 Å². The molecule has 1 atom stereocenters. The minimum atomic E-state index is -0.0631. The molecule has 0 aliphatic carbocycles. The molecule has 0 spiro atoms. The molecule has 1 aromatic heterocycles. The Hall–Kier alpha value is -1.58. The van der Waals surface area contributed by atoms with Crippen molar-refractivity contribution in [1.29, 1.82) is 0 Å². The maximum absolute atomic E-state index is 12.2. The van der Waals surface area contributed by atoms with Gasteiger partial charge in [0.1, 0.15) is 0 Å². The van der Waals surface area contributed by atoms with E-state index in [4.69, 9.17) is 0 Å². The molecule has 100 valence electrons. The fourth-order valence-electron chi connectivity index (χ4n) is 2.19. The molecule has 0 radical (unpaired) electrons. The van der Waals surface area contributed by atoms with Crippen molar-refractivity contribution in [3.8, 4) is 0 Å². The molecule has 0 aliphatic heterocycles. The second-order valence-electron chi connectivity index (χ2n) is 4.51. The Labute approximate surface area is 109 Å². The van der Waals surface area contributed by atoms with Crippen molar-refractivity contribution < 1.29 is 4.79 Å². The smallest absolute Gasteiger partial charge is 0.255 e. The molecule has 0 saturated heterocycles. The Bertz CT molecular complexity index is 388. The van der Waals surface area contributed by atoms with Gasteiger partial charge in [0.15, 0.2) is 0 Å². The highest BCUT2D eigenvalue weighted by Crippen LogP contribution is 2.16. The summed E-state index contributed by atoms with van der Waals surface area (Å²) in [7, 11) is 1.80. The summed E-state index contributed by atoms with van der Waals surface area (Å²) in [6.07, 6.45) is 5.42. The first-order valence-electron chi connectivity index (χ1n) is 6.56. The molecule has 4 nitrogen and oxygen atoms in total. The Kier molecular flexibility index (Phi) is 5.62. The number of rotatable bonds is 6. The molecule has 1 unspecified atom stereocenters. The summed E-state index contributed by atoms with van der Waals surface area (Å²) < 4.78 is 0. The zero-order chi connectivity index (χ0) is 13.5. The summed E-state index contributed by atoms with van der Waals surface area (Å²) in [6, 6.07) is 1.98. The SMILES string of the molecule is CCC(CC)C(C)NC(=O)c1cnccc1NC. The third kappa shape index (κ3) is 3.45. The van der Waals surface area contributed by atoms with Crippen LogP contribution in [0.5, 0.6) is 0 Å². The van der Waals surface area contributed by atoms with E-state index in [0.29, 0.717) is 11.5 Å². The number of anilines is 1. The number of carbonyl (C=O) groups is 1. The molecule has 1 amide bonds. The second-order valence-corrected chi connectivity index (χ2v) is 4.51. The van der Waals surface area contributed by atoms with Crippen molar-refractivity contribution in [2.24, 2.45) is 5.92 Å². The quantitative estimate of drug-likeness (QED) is 0.815. The van der Waals surface area contributed by atoms with Gasteiger partial charge in [0.2, 0.25) is 0 Å². The van der Waals surface area contributed by atoms with Gasteiger partial charge in [0, 0.05) is 31.2 Å². The highest BCUT2D eigenvalue weighted by Gasteiger charge is 2.18. The summed E-state index contributed by atoms with van der Waals surface area (Å²) >= 11 is 0. The summed E-state index contributed by atoms with van der Waals surface area (Å²) in [5.74, 6) is 0.454. The van der Waals surface area contributed by atoms with E-state index < -0.39 is 0 Å². The molecule has 0 fully saturated rings. The predicted molar refractivity (Wildman–Crippen MR) is 74.8 cm³/mol. The van der Waals surface area contributed by atoms with Gasteiger partial charge >= 0.3 is 0 Å². The minimum Gasteiger partial charge on any atom is -0.387 e. The molecule has 0 aromatic carbocycles. The van der Waals surface area contributed by atoms with Crippen molar-refractivity contribution in [2.45, 2.75) is 39.7 Å². The van der Waals surface area contributed by atoms with E-state index in [2.05, 4.69) is 36.4 Å². The van der Waals surface area contributed by atoms with Crippen LogP contribution in [0.2, 0.25) is 0 Å². The van der Waals surface area contributed by atoms with Gasteiger partial charge < -0.3 is 10.6 Å². The van der Waals surface area contributed by atoms with Crippen LogP contribution in [0.25, 0.3) is 0 Å². The zero-order valence-corrected chi connectivity index (χ0v) is 11.7. The van der Waals surface area contributed by atoms with Crippen LogP contribution in [0.3, 0.4) is 0 Å². The van der Waals surface area contributed by atoms with Crippen molar-refractivity contribution >= 4 is 11.6 Å². The van der Waals surface area contributed by atoms with Crippen LogP contribution in [0.15, 0.2) is 18.5 Å². The Morgan fingerprint density at radius 1 is 1.39 bits per heavy atom. The van der Waals surface area contributed by atoms with Crippen molar-refractivity contribution in [3.63, 3.8) is 0 Å². The minimum absolute atomic E-state index is 0.0631. The molecular weight excluding hydrogens is 226 g/mol. The third-order valence-corrected chi connectivity index (χ3v) is 3.45. The number of carbonyl (C=O) groups excluding carboxylic acids is 1. The molecule has 18 heavy (non-hydrogen) atoms. The van der Waals surface area contributed by atoms with E-state index in [-0.39, 0.29) is 11.9 Å². The first kappa shape index (κ1) is 14.5. The maximum Gasteiger partial charge on any atom is 0.255 e. The molecule has 1 aromatic rings. The summed E-state index contributed by atoms with van der Waals surface area (Å²) in [5.41, 5.74) is 1.40. The summed E-state index contributed by atoms with van der Waals surface area (Å²) in [6.45, 7) is 6.37. The fourth-order valence-corrected chi connectivity index (χ4v) is 2.19. The average Bonchev–Trinajstić information content (AvgIpc) is 2.40. The van der Waals surface area contributed by atoms with Gasteiger partial charge in [0.05, 0.1) is 5.56 Å². The van der Waals surface area contributed by atoms with Crippen molar-refractivity contribution in [2.75, 3.05) is 12.4 Å². The topological polar surface area (TPSA) is 54.0 Å². The van der Waals surface area contributed by atoms with E-state index in [1.54, 1.807) is 25.5 Å². The Morgan fingerprint density at radius 3 is 2.61 bits per heavy atom. The lowest BCUT2D eigenvalue weighted by molar-refractivity contribution is 0.0925. The second kappa shape index (κ2) is 6.99. The Morgan fingerprint density at radius 2 is 2.06 bits per heavy atom. The van der Waals surface area contributed by atoms with Crippen LogP contribution in [-0.2, 0) is 0 Å². The predicted octanol–water partition coefficient (Wildman–Crippen LogP) is 2.68. The summed E-state index contributed by atoms with van der Waals surface area (Å²) in [4.78, 5) is 16.2. The van der Waals surface area contributed by atoms with E-state index in [1.807, 2.05) is 0 Å². The zero-order valence-electron chi connectivity index (χ0n) is 11.7. The van der Waals surface area contributed by atoms with Crippen LogP contribution in [0.1, 0.15) is 44.0 Å². The largest absolute Gasteiger partial charge is 0.387 e. The number of hydrogen-bond acceptors (Lipinski definition) is 3. The number of hydrogen-bond donors (Lipinski definition) is 2. The highest BCUT2D eigenvalue weighted by atomic mass is 16.1. The van der Waals surface area contributed by atoms with Gasteiger partial charge in [-0.05, 0) is 18.9 Å². The average molecular weight is 249 g/mol. The Balaban J connectivity index is 2.76. The lowest BCUT2D eigenvalue weighted by atomic mass is 9.95. The van der Waals surface area contributed by atoms with Gasteiger partial charge in [-0.2, -0.15) is 0 Å². The van der Waals surface area contributed by atoms with Gasteiger partial charge in [0.25, 0.3) is 5.91 Å². The molecule has 1 rings (SSSR count).